The standard InChI is InChI=1S/C2HN5.C2H4N4/c3-1-2-4-6-7-5-2;1-2-3-5-6-4-2/h(H,4,5,6,7);1H3,(H,3,4,5,6). The first-order valence-electron chi connectivity index (χ1n) is 3.16. The van der Waals surface area contributed by atoms with Crippen LogP contribution in [0.25, 0.3) is 0 Å². The first-order chi connectivity index (χ1) is 6.33. The van der Waals surface area contributed by atoms with Gasteiger partial charge in [-0.3, -0.25) is 0 Å². The molecule has 0 bridgehead atoms. The molecule has 66 valence electrons. The van der Waals surface area contributed by atoms with Crippen molar-refractivity contribution in [2.75, 3.05) is 0 Å². The van der Waals surface area contributed by atoms with E-state index in [4.69, 9.17) is 5.26 Å². The monoisotopic (exact) mass is 179 g/mol. The van der Waals surface area contributed by atoms with Gasteiger partial charge in [0.05, 0.1) is 0 Å². The second-order valence-electron chi connectivity index (χ2n) is 1.81. The second-order valence-corrected chi connectivity index (χ2v) is 1.81. The molecule has 0 fully saturated rings. The van der Waals surface area contributed by atoms with E-state index in [1.807, 2.05) is 0 Å². The topological polar surface area (TPSA) is 133 Å². The Morgan fingerprint density at radius 2 is 1.85 bits per heavy atom. The molecule has 13 heavy (non-hydrogen) atoms. The molecule has 9 heteroatoms. The molecule has 2 heterocycles. The average Bonchev–Trinajstić information content (AvgIpc) is 2.76. The van der Waals surface area contributed by atoms with Gasteiger partial charge in [-0.25, -0.2) is 0 Å². The van der Waals surface area contributed by atoms with Crippen LogP contribution < -0.4 is 0 Å². The Kier molecular flexibility index (Phi) is 3.02. The zero-order valence-corrected chi connectivity index (χ0v) is 6.63. The van der Waals surface area contributed by atoms with Gasteiger partial charge in [-0.2, -0.15) is 15.7 Å². The summed E-state index contributed by atoms with van der Waals surface area (Å²) >= 11 is 0. The van der Waals surface area contributed by atoms with Crippen molar-refractivity contribution in [2.45, 2.75) is 6.92 Å². The van der Waals surface area contributed by atoms with Crippen LogP contribution in [-0.2, 0) is 0 Å². The van der Waals surface area contributed by atoms with Gasteiger partial charge in [0.25, 0.3) is 5.82 Å². The van der Waals surface area contributed by atoms with E-state index < -0.39 is 0 Å². The van der Waals surface area contributed by atoms with Gasteiger partial charge in [-0.15, -0.1) is 15.3 Å². The normalized spacial score (nSPS) is 8.31. The van der Waals surface area contributed by atoms with Gasteiger partial charge in [0.1, 0.15) is 6.07 Å². The van der Waals surface area contributed by atoms with Crippen molar-refractivity contribution in [3.8, 4) is 6.07 Å². The van der Waals surface area contributed by atoms with Gasteiger partial charge in [-0.05, 0) is 12.1 Å². The summed E-state index contributed by atoms with van der Waals surface area (Å²) in [5.74, 6) is 0.745. The number of hydrogen-bond donors (Lipinski definition) is 2. The summed E-state index contributed by atoms with van der Waals surface area (Å²) in [7, 11) is 0. The Morgan fingerprint density at radius 1 is 1.15 bits per heavy atom. The van der Waals surface area contributed by atoms with Crippen molar-refractivity contribution < 1.29 is 0 Å². The summed E-state index contributed by atoms with van der Waals surface area (Å²) in [6.45, 7) is 1.77. The van der Waals surface area contributed by atoms with Crippen molar-refractivity contribution in [1.29, 1.82) is 5.26 Å². The highest BCUT2D eigenvalue weighted by Gasteiger charge is 1.87. The van der Waals surface area contributed by atoms with E-state index in [-0.39, 0.29) is 5.82 Å². The first-order valence-corrected chi connectivity index (χ1v) is 3.16. The van der Waals surface area contributed by atoms with E-state index in [2.05, 4.69) is 41.2 Å². The van der Waals surface area contributed by atoms with Gasteiger partial charge in [0.2, 0.25) is 0 Å². The fraction of sp³-hybridized carbons (Fsp3) is 0.250. The molecule has 0 aromatic carbocycles. The average molecular weight is 179 g/mol. The first kappa shape index (κ1) is 8.72. The Labute approximate surface area is 72.2 Å². The fourth-order valence-corrected chi connectivity index (χ4v) is 0.421. The number of aromatic amines is 2. The van der Waals surface area contributed by atoms with Crippen LogP contribution >= 0.6 is 0 Å². The van der Waals surface area contributed by atoms with Gasteiger partial charge < -0.3 is 0 Å². The zero-order chi connectivity index (χ0) is 9.52. The van der Waals surface area contributed by atoms with Crippen LogP contribution in [0.2, 0.25) is 0 Å². The molecular formula is C4H5N9. The van der Waals surface area contributed by atoms with Crippen LogP contribution in [0.4, 0.5) is 0 Å². The van der Waals surface area contributed by atoms with E-state index in [0.29, 0.717) is 5.82 Å². The lowest BCUT2D eigenvalue weighted by Gasteiger charge is -1.59. The van der Waals surface area contributed by atoms with Crippen molar-refractivity contribution in [2.24, 2.45) is 0 Å². The number of aromatic nitrogens is 8. The Balaban J connectivity index is 0.000000132. The molecule has 0 aliphatic heterocycles. The van der Waals surface area contributed by atoms with Crippen molar-refractivity contribution in [3.63, 3.8) is 0 Å². The minimum absolute atomic E-state index is 0.0694. The van der Waals surface area contributed by atoms with Crippen LogP contribution in [0, 0.1) is 18.3 Å². The van der Waals surface area contributed by atoms with Crippen LogP contribution in [0.5, 0.6) is 0 Å². The lowest BCUT2D eigenvalue weighted by molar-refractivity contribution is 0.881. The summed E-state index contributed by atoms with van der Waals surface area (Å²) in [6, 6.07) is 1.69. The maximum absolute atomic E-state index is 7.99. The van der Waals surface area contributed by atoms with Crippen molar-refractivity contribution in [1.82, 2.24) is 41.2 Å². The Hall–Kier alpha value is -2.37. The van der Waals surface area contributed by atoms with Crippen LogP contribution in [0.15, 0.2) is 0 Å². The summed E-state index contributed by atoms with van der Waals surface area (Å²) in [4.78, 5) is 0. The predicted molar refractivity (Wildman–Crippen MR) is 37.8 cm³/mol. The molecule has 0 aliphatic rings. The minimum Gasteiger partial charge on any atom is -0.189 e. The number of nitriles is 1. The zero-order valence-electron chi connectivity index (χ0n) is 6.63. The quantitative estimate of drug-likeness (QED) is 0.506. The van der Waals surface area contributed by atoms with E-state index in [1.54, 1.807) is 13.0 Å². The molecule has 2 aromatic heterocycles. The van der Waals surface area contributed by atoms with E-state index in [9.17, 15) is 0 Å². The number of hydrogen-bond acceptors (Lipinski definition) is 7. The third kappa shape index (κ3) is 3.02. The van der Waals surface area contributed by atoms with E-state index in [1.165, 1.54) is 0 Å². The molecule has 2 aromatic rings. The highest BCUT2D eigenvalue weighted by Crippen LogP contribution is 1.71. The second kappa shape index (κ2) is 4.50. The maximum atomic E-state index is 7.99. The smallest absolute Gasteiger partial charge is 0.189 e. The molecule has 2 N–H and O–H groups in total. The van der Waals surface area contributed by atoms with Crippen LogP contribution in [0.3, 0.4) is 0 Å². The van der Waals surface area contributed by atoms with E-state index >= 15 is 0 Å². The minimum atomic E-state index is 0.0694. The summed E-state index contributed by atoms with van der Waals surface area (Å²) in [6.07, 6.45) is 0. The number of nitrogens with zero attached hydrogens (tertiary/aromatic N) is 7. The van der Waals surface area contributed by atoms with Gasteiger partial charge in [-0.1, -0.05) is 10.3 Å². The molecule has 0 saturated carbocycles. The largest absolute Gasteiger partial charge is 0.273 e. The van der Waals surface area contributed by atoms with Gasteiger partial charge in [0, 0.05) is 0 Å². The molecule has 2 rings (SSSR count). The lowest BCUT2D eigenvalue weighted by atomic mass is 10.7. The SMILES string of the molecule is Cc1nn[nH]n1.N#Cc1nn[nH]n1. The number of aryl methyl sites for hydroxylation is 1. The molecule has 0 aliphatic carbocycles. The number of H-pyrrole nitrogens is 2. The molecular weight excluding hydrogens is 174 g/mol. The maximum Gasteiger partial charge on any atom is 0.273 e. The van der Waals surface area contributed by atoms with Gasteiger partial charge in [0.15, 0.2) is 5.82 Å². The Bertz CT molecular complexity index is 353. The predicted octanol–water partition coefficient (Wildman–Crippen LogP) is -1.42. The molecule has 9 nitrogen and oxygen atoms in total. The van der Waals surface area contributed by atoms with Crippen molar-refractivity contribution in [3.05, 3.63) is 11.6 Å². The lowest BCUT2D eigenvalue weighted by Crippen LogP contribution is -1.72. The molecule has 0 saturated heterocycles. The summed E-state index contributed by atoms with van der Waals surface area (Å²) in [5, 5.41) is 32.6. The molecule has 0 radical (unpaired) electrons. The number of rotatable bonds is 0. The molecule has 0 unspecified atom stereocenters. The third-order valence-electron chi connectivity index (χ3n) is 0.897. The van der Waals surface area contributed by atoms with Crippen LogP contribution in [0.1, 0.15) is 11.6 Å². The van der Waals surface area contributed by atoms with E-state index in [0.717, 1.165) is 0 Å². The summed E-state index contributed by atoms with van der Waals surface area (Å²) < 4.78 is 0. The third-order valence-corrected chi connectivity index (χ3v) is 0.897. The highest BCUT2D eigenvalue weighted by atomic mass is 15.5. The summed E-state index contributed by atoms with van der Waals surface area (Å²) in [5.41, 5.74) is 0. The highest BCUT2D eigenvalue weighted by molar-refractivity contribution is 5.02. The number of tetrazole rings is 2. The fourth-order valence-electron chi connectivity index (χ4n) is 0.421. The Morgan fingerprint density at radius 3 is 2.08 bits per heavy atom. The molecule has 0 atom stereocenters. The molecule has 0 spiro atoms. The molecule has 0 amide bonds. The number of nitrogens with one attached hydrogen (secondary N) is 2. The van der Waals surface area contributed by atoms with Crippen LogP contribution in [-0.4, -0.2) is 41.2 Å². The van der Waals surface area contributed by atoms with Gasteiger partial charge >= 0.3 is 0 Å². The van der Waals surface area contributed by atoms with Crippen molar-refractivity contribution >= 4 is 0 Å².